The number of aromatic nitrogens is 3. The molecule has 0 unspecified atom stereocenters. The molecule has 1 saturated heterocycles. The van der Waals surface area contributed by atoms with E-state index >= 15 is 0 Å². The highest BCUT2D eigenvalue weighted by molar-refractivity contribution is 5.61. The van der Waals surface area contributed by atoms with E-state index in [0.717, 1.165) is 30.2 Å². The van der Waals surface area contributed by atoms with Crippen molar-refractivity contribution in [1.82, 2.24) is 15.2 Å². The van der Waals surface area contributed by atoms with Crippen LogP contribution in [-0.2, 0) is 0 Å². The van der Waals surface area contributed by atoms with Crippen molar-refractivity contribution in [2.45, 2.75) is 12.8 Å². The van der Waals surface area contributed by atoms with Gasteiger partial charge in [-0.15, -0.1) is 5.10 Å². The molecule has 0 atom stereocenters. The molecule has 4 rings (SSSR count). The standard InChI is InChI=1S/C20H22N6O/c1-27-18-10-6-15(7-11-18)22-19-14-21-25-20(24-19)23-16-4-8-17(9-5-16)26-12-2-3-13-26/h4-11,14H,2-3,12-13H2,1H3,(H2,22,23,24,25). The Morgan fingerprint density at radius 3 is 2.26 bits per heavy atom. The van der Waals surface area contributed by atoms with E-state index in [1.54, 1.807) is 13.3 Å². The first kappa shape index (κ1) is 17.1. The fourth-order valence-corrected chi connectivity index (χ4v) is 3.10. The molecule has 0 spiro atoms. The van der Waals surface area contributed by atoms with E-state index in [-0.39, 0.29) is 0 Å². The average molecular weight is 362 g/mol. The largest absolute Gasteiger partial charge is 0.497 e. The van der Waals surface area contributed by atoms with Crippen molar-refractivity contribution < 1.29 is 4.74 Å². The molecule has 138 valence electrons. The van der Waals surface area contributed by atoms with E-state index in [1.807, 2.05) is 36.4 Å². The maximum atomic E-state index is 5.17. The monoisotopic (exact) mass is 362 g/mol. The van der Waals surface area contributed by atoms with Crippen LogP contribution in [0.1, 0.15) is 12.8 Å². The van der Waals surface area contributed by atoms with Crippen molar-refractivity contribution in [3.05, 3.63) is 54.7 Å². The van der Waals surface area contributed by atoms with Crippen LogP contribution in [0.2, 0.25) is 0 Å². The number of ether oxygens (including phenoxy) is 1. The van der Waals surface area contributed by atoms with Crippen LogP contribution < -0.4 is 20.3 Å². The highest BCUT2D eigenvalue weighted by Gasteiger charge is 2.12. The van der Waals surface area contributed by atoms with Gasteiger partial charge < -0.3 is 20.3 Å². The van der Waals surface area contributed by atoms with Crippen LogP contribution >= 0.6 is 0 Å². The van der Waals surface area contributed by atoms with Gasteiger partial charge in [-0.1, -0.05) is 0 Å². The third kappa shape index (κ3) is 4.25. The molecule has 3 aromatic rings. The lowest BCUT2D eigenvalue weighted by atomic mass is 10.2. The lowest BCUT2D eigenvalue weighted by Crippen LogP contribution is -2.17. The Labute approximate surface area is 158 Å². The number of nitrogens with zero attached hydrogens (tertiary/aromatic N) is 4. The first-order valence-electron chi connectivity index (χ1n) is 9.03. The van der Waals surface area contributed by atoms with Crippen LogP contribution in [-0.4, -0.2) is 35.4 Å². The Kier molecular flexibility index (Phi) is 5.00. The van der Waals surface area contributed by atoms with E-state index in [2.05, 4.69) is 42.8 Å². The summed E-state index contributed by atoms with van der Waals surface area (Å²) in [5.74, 6) is 1.87. The van der Waals surface area contributed by atoms with Crippen LogP contribution in [0.4, 0.5) is 28.8 Å². The first-order chi connectivity index (χ1) is 13.3. The topological polar surface area (TPSA) is 75.2 Å². The minimum Gasteiger partial charge on any atom is -0.497 e. The Hall–Kier alpha value is -3.35. The Morgan fingerprint density at radius 1 is 0.889 bits per heavy atom. The summed E-state index contributed by atoms with van der Waals surface area (Å²) in [7, 11) is 1.65. The Balaban J connectivity index is 1.42. The zero-order valence-electron chi connectivity index (χ0n) is 15.2. The maximum Gasteiger partial charge on any atom is 0.249 e. The van der Waals surface area contributed by atoms with Crippen molar-refractivity contribution in [2.24, 2.45) is 0 Å². The normalized spacial score (nSPS) is 13.4. The number of rotatable bonds is 6. The quantitative estimate of drug-likeness (QED) is 0.687. The van der Waals surface area contributed by atoms with Gasteiger partial charge in [-0.3, -0.25) is 0 Å². The highest BCUT2D eigenvalue weighted by Crippen LogP contribution is 2.23. The number of methoxy groups -OCH3 is 1. The predicted octanol–water partition coefficient (Wildman–Crippen LogP) is 3.97. The van der Waals surface area contributed by atoms with Gasteiger partial charge in [0.15, 0.2) is 5.82 Å². The van der Waals surface area contributed by atoms with E-state index in [4.69, 9.17) is 4.74 Å². The van der Waals surface area contributed by atoms with Crippen molar-refractivity contribution in [1.29, 1.82) is 0 Å². The maximum absolute atomic E-state index is 5.17. The van der Waals surface area contributed by atoms with Crippen molar-refractivity contribution >= 4 is 28.8 Å². The fraction of sp³-hybridized carbons (Fsp3) is 0.250. The van der Waals surface area contributed by atoms with E-state index in [9.17, 15) is 0 Å². The van der Waals surface area contributed by atoms with Crippen molar-refractivity contribution in [3.63, 3.8) is 0 Å². The molecule has 1 fully saturated rings. The van der Waals surface area contributed by atoms with Crippen LogP contribution in [0.3, 0.4) is 0 Å². The lowest BCUT2D eigenvalue weighted by molar-refractivity contribution is 0.415. The summed E-state index contributed by atoms with van der Waals surface area (Å²) >= 11 is 0. The smallest absolute Gasteiger partial charge is 0.249 e. The van der Waals surface area contributed by atoms with Gasteiger partial charge in [0.25, 0.3) is 0 Å². The van der Waals surface area contributed by atoms with Gasteiger partial charge in [-0.2, -0.15) is 10.1 Å². The molecule has 7 heteroatoms. The molecular weight excluding hydrogens is 340 g/mol. The van der Waals surface area contributed by atoms with E-state index in [1.165, 1.54) is 18.5 Å². The highest BCUT2D eigenvalue weighted by atomic mass is 16.5. The van der Waals surface area contributed by atoms with Crippen LogP contribution in [0.25, 0.3) is 0 Å². The zero-order valence-corrected chi connectivity index (χ0v) is 15.2. The molecule has 0 bridgehead atoms. The number of hydrogen-bond donors (Lipinski definition) is 2. The van der Waals surface area contributed by atoms with Crippen LogP contribution in [0.5, 0.6) is 5.75 Å². The molecule has 0 radical (unpaired) electrons. The summed E-state index contributed by atoms with van der Waals surface area (Å²) in [6.07, 6.45) is 4.13. The molecule has 0 aliphatic carbocycles. The average Bonchev–Trinajstić information content (AvgIpc) is 3.24. The summed E-state index contributed by atoms with van der Waals surface area (Å²) in [6.45, 7) is 2.28. The number of nitrogens with one attached hydrogen (secondary N) is 2. The molecule has 1 aliphatic heterocycles. The molecule has 2 heterocycles. The van der Waals surface area contributed by atoms with Gasteiger partial charge in [-0.05, 0) is 61.4 Å². The predicted molar refractivity (Wildman–Crippen MR) is 107 cm³/mol. The van der Waals surface area contributed by atoms with Gasteiger partial charge in [0.2, 0.25) is 5.95 Å². The minimum atomic E-state index is 0.447. The van der Waals surface area contributed by atoms with Crippen molar-refractivity contribution in [3.8, 4) is 5.75 Å². The van der Waals surface area contributed by atoms with Gasteiger partial charge in [0.1, 0.15) is 5.75 Å². The van der Waals surface area contributed by atoms with Gasteiger partial charge in [0.05, 0.1) is 13.3 Å². The number of benzene rings is 2. The summed E-state index contributed by atoms with van der Waals surface area (Å²) in [5, 5.41) is 14.5. The summed E-state index contributed by atoms with van der Waals surface area (Å²) in [4.78, 5) is 6.87. The Morgan fingerprint density at radius 2 is 1.56 bits per heavy atom. The van der Waals surface area contributed by atoms with Gasteiger partial charge >= 0.3 is 0 Å². The third-order valence-corrected chi connectivity index (χ3v) is 4.52. The minimum absolute atomic E-state index is 0.447. The van der Waals surface area contributed by atoms with E-state index < -0.39 is 0 Å². The molecule has 1 aliphatic rings. The first-order valence-corrected chi connectivity index (χ1v) is 9.03. The lowest BCUT2D eigenvalue weighted by Gasteiger charge is -2.17. The van der Waals surface area contributed by atoms with Gasteiger partial charge in [0, 0.05) is 30.2 Å². The number of anilines is 5. The molecular formula is C20H22N6O. The molecule has 0 saturated carbocycles. The second kappa shape index (κ2) is 7.90. The second-order valence-electron chi connectivity index (χ2n) is 6.38. The Bertz CT molecular complexity index is 876. The summed E-state index contributed by atoms with van der Waals surface area (Å²) < 4.78 is 5.17. The van der Waals surface area contributed by atoms with E-state index in [0.29, 0.717) is 11.8 Å². The molecule has 0 amide bonds. The molecule has 7 nitrogen and oxygen atoms in total. The van der Waals surface area contributed by atoms with Gasteiger partial charge in [-0.25, -0.2) is 0 Å². The van der Waals surface area contributed by atoms with Crippen LogP contribution in [0.15, 0.2) is 54.7 Å². The zero-order chi connectivity index (χ0) is 18.5. The number of hydrogen-bond acceptors (Lipinski definition) is 7. The molecule has 27 heavy (non-hydrogen) atoms. The summed E-state index contributed by atoms with van der Waals surface area (Å²) in [6, 6.07) is 16.0. The SMILES string of the molecule is COc1ccc(Nc2cnnc(Nc3ccc(N4CCCC4)cc3)n2)cc1. The fourth-order valence-electron chi connectivity index (χ4n) is 3.10. The molecule has 2 aromatic carbocycles. The second-order valence-corrected chi connectivity index (χ2v) is 6.38. The van der Waals surface area contributed by atoms with Crippen molar-refractivity contribution in [2.75, 3.05) is 35.7 Å². The van der Waals surface area contributed by atoms with Crippen LogP contribution in [0, 0.1) is 0 Å². The summed E-state index contributed by atoms with van der Waals surface area (Å²) in [5.41, 5.74) is 3.09. The molecule has 1 aromatic heterocycles. The molecule has 2 N–H and O–H groups in total. The third-order valence-electron chi connectivity index (χ3n) is 4.52.